The van der Waals surface area contributed by atoms with E-state index in [-0.39, 0.29) is 0 Å². The third-order valence-electron chi connectivity index (χ3n) is 7.61. The van der Waals surface area contributed by atoms with E-state index in [1.165, 1.54) is 122 Å². The lowest BCUT2D eigenvalue weighted by atomic mass is 9.76. The second-order valence-corrected chi connectivity index (χ2v) is 11.4. The van der Waals surface area contributed by atoms with Gasteiger partial charge in [0, 0.05) is 0 Å². The van der Waals surface area contributed by atoms with Crippen molar-refractivity contribution in [3.8, 4) is 0 Å². The first kappa shape index (κ1) is 33.2. The average molecular weight is 479 g/mol. The fraction of sp³-hybridized carbons (Fsp3) is 0.906. The SMILES string of the molecule is CCCCCCCC/C=C\CCCCC(C)CC(C)(CCCCCCCCCCCC)C(=O)O. The van der Waals surface area contributed by atoms with Gasteiger partial charge in [0.15, 0.2) is 0 Å². The molecule has 0 rings (SSSR count). The number of carboxylic acids is 1. The molecule has 0 saturated carbocycles. The van der Waals surface area contributed by atoms with E-state index in [1.807, 2.05) is 6.92 Å². The Morgan fingerprint density at radius 1 is 0.676 bits per heavy atom. The summed E-state index contributed by atoms with van der Waals surface area (Å²) >= 11 is 0. The van der Waals surface area contributed by atoms with Gasteiger partial charge in [-0.25, -0.2) is 0 Å². The Labute approximate surface area is 214 Å². The van der Waals surface area contributed by atoms with Gasteiger partial charge in [-0.2, -0.15) is 0 Å². The predicted molar refractivity (Wildman–Crippen MR) is 152 cm³/mol. The monoisotopic (exact) mass is 478 g/mol. The molecule has 0 radical (unpaired) electrons. The molecule has 1 N–H and O–H groups in total. The first-order chi connectivity index (χ1) is 16.5. The Kier molecular flexibility index (Phi) is 23.4. The number of unbranched alkanes of at least 4 members (excludes halogenated alkanes) is 17. The van der Waals surface area contributed by atoms with Crippen molar-refractivity contribution in [3.05, 3.63) is 12.2 Å². The van der Waals surface area contributed by atoms with Gasteiger partial charge in [-0.05, 0) is 51.4 Å². The van der Waals surface area contributed by atoms with Crippen LogP contribution >= 0.6 is 0 Å². The average Bonchev–Trinajstić information content (AvgIpc) is 2.81. The highest BCUT2D eigenvalue weighted by Gasteiger charge is 2.33. The lowest BCUT2D eigenvalue weighted by molar-refractivity contribution is -0.149. The highest BCUT2D eigenvalue weighted by atomic mass is 16.4. The number of allylic oxidation sites excluding steroid dienone is 2. The Bertz CT molecular complexity index is 470. The fourth-order valence-corrected chi connectivity index (χ4v) is 5.20. The van der Waals surface area contributed by atoms with Crippen LogP contribution < -0.4 is 0 Å². The Morgan fingerprint density at radius 3 is 1.56 bits per heavy atom. The van der Waals surface area contributed by atoms with Crippen LogP contribution in [0.3, 0.4) is 0 Å². The van der Waals surface area contributed by atoms with Crippen molar-refractivity contribution < 1.29 is 9.90 Å². The Morgan fingerprint density at radius 2 is 1.09 bits per heavy atom. The van der Waals surface area contributed by atoms with Crippen LogP contribution in [-0.2, 0) is 4.79 Å². The molecule has 0 saturated heterocycles. The lowest BCUT2D eigenvalue weighted by Gasteiger charge is -2.28. The van der Waals surface area contributed by atoms with Gasteiger partial charge in [-0.15, -0.1) is 0 Å². The Balaban J connectivity index is 3.83. The molecule has 2 atom stereocenters. The van der Waals surface area contributed by atoms with Crippen LogP contribution in [0, 0.1) is 11.3 Å². The van der Waals surface area contributed by atoms with Gasteiger partial charge in [0.2, 0.25) is 0 Å². The molecule has 202 valence electrons. The molecular formula is C32H62O2. The fourth-order valence-electron chi connectivity index (χ4n) is 5.20. The van der Waals surface area contributed by atoms with Crippen molar-refractivity contribution in [2.45, 2.75) is 175 Å². The molecule has 2 heteroatoms. The molecule has 0 aliphatic rings. The van der Waals surface area contributed by atoms with Crippen molar-refractivity contribution in [1.82, 2.24) is 0 Å². The predicted octanol–water partition coefficient (Wildman–Crippen LogP) is 11.3. The highest BCUT2D eigenvalue weighted by Crippen LogP contribution is 2.34. The zero-order valence-electron chi connectivity index (χ0n) is 23.9. The van der Waals surface area contributed by atoms with Crippen LogP contribution in [0.5, 0.6) is 0 Å². The molecule has 0 aliphatic carbocycles. The van der Waals surface area contributed by atoms with E-state index >= 15 is 0 Å². The zero-order chi connectivity index (χ0) is 25.3. The van der Waals surface area contributed by atoms with Gasteiger partial charge < -0.3 is 5.11 Å². The minimum Gasteiger partial charge on any atom is -0.481 e. The van der Waals surface area contributed by atoms with Gasteiger partial charge in [0.05, 0.1) is 5.41 Å². The largest absolute Gasteiger partial charge is 0.481 e. The normalized spacial score (nSPS) is 14.5. The second kappa shape index (κ2) is 23.9. The molecule has 2 nitrogen and oxygen atoms in total. The van der Waals surface area contributed by atoms with Crippen LogP contribution in [0.25, 0.3) is 0 Å². The summed E-state index contributed by atoms with van der Waals surface area (Å²) in [5.74, 6) is -0.0933. The first-order valence-corrected chi connectivity index (χ1v) is 15.3. The van der Waals surface area contributed by atoms with Crippen molar-refractivity contribution in [2.75, 3.05) is 0 Å². The van der Waals surface area contributed by atoms with Crippen LogP contribution in [0.2, 0.25) is 0 Å². The van der Waals surface area contributed by atoms with E-state index in [0.717, 1.165) is 25.7 Å². The molecule has 0 aromatic carbocycles. The van der Waals surface area contributed by atoms with E-state index in [0.29, 0.717) is 5.92 Å². The van der Waals surface area contributed by atoms with Crippen molar-refractivity contribution in [2.24, 2.45) is 11.3 Å². The number of carboxylic acid groups (broad SMARTS) is 1. The minimum absolute atomic E-state index is 0.497. The second-order valence-electron chi connectivity index (χ2n) is 11.4. The molecule has 0 aliphatic heterocycles. The third kappa shape index (κ3) is 20.6. The quantitative estimate of drug-likeness (QED) is 0.0991. The number of rotatable bonds is 26. The maximum Gasteiger partial charge on any atom is 0.309 e. The summed E-state index contributed by atoms with van der Waals surface area (Å²) in [5.41, 5.74) is -0.545. The van der Waals surface area contributed by atoms with Crippen LogP contribution in [0.1, 0.15) is 175 Å². The van der Waals surface area contributed by atoms with Gasteiger partial charge in [-0.1, -0.05) is 142 Å². The van der Waals surface area contributed by atoms with E-state index in [9.17, 15) is 9.90 Å². The van der Waals surface area contributed by atoms with E-state index < -0.39 is 11.4 Å². The van der Waals surface area contributed by atoms with E-state index in [4.69, 9.17) is 0 Å². The van der Waals surface area contributed by atoms with Crippen molar-refractivity contribution in [3.63, 3.8) is 0 Å². The molecule has 0 fully saturated rings. The first-order valence-electron chi connectivity index (χ1n) is 15.3. The smallest absolute Gasteiger partial charge is 0.309 e. The zero-order valence-corrected chi connectivity index (χ0v) is 23.9. The van der Waals surface area contributed by atoms with Gasteiger partial charge >= 0.3 is 5.97 Å². The molecular weight excluding hydrogens is 416 g/mol. The number of hydrogen-bond donors (Lipinski definition) is 1. The maximum atomic E-state index is 12.0. The standard InChI is InChI=1S/C32H62O2/c1-5-7-9-11-13-15-17-18-19-21-23-25-27-30(3)29-32(4,31(33)34)28-26-24-22-20-16-14-12-10-8-6-2/h18-19,30H,5-17,20-29H2,1-4H3,(H,33,34)/b19-18-. The number of aliphatic carboxylic acids is 1. The van der Waals surface area contributed by atoms with Gasteiger partial charge in [-0.3, -0.25) is 4.79 Å². The van der Waals surface area contributed by atoms with Crippen molar-refractivity contribution >= 4 is 5.97 Å². The highest BCUT2D eigenvalue weighted by molar-refractivity contribution is 5.74. The third-order valence-corrected chi connectivity index (χ3v) is 7.61. The molecule has 0 spiro atoms. The summed E-state index contributed by atoms with van der Waals surface area (Å²) in [5, 5.41) is 9.89. The van der Waals surface area contributed by atoms with Crippen LogP contribution in [0.4, 0.5) is 0 Å². The van der Waals surface area contributed by atoms with Gasteiger partial charge in [0.1, 0.15) is 0 Å². The molecule has 0 aromatic rings. The summed E-state index contributed by atoms with van der Waals surface area (Å²) < 4.78 is 0. The number of hydrogen-bond acceptors (Lipinski definition) is 1. The van der Waals surface area contributed by atoms with Crippen LogP contribution in [-0.4, -0.2) is 11.1 Å². The topological polar surface area (TPSA) is 37.3 Å². The lowest BCUT2D eigenvalue weighted by Crippen LogP contribution is -2.29. The van der Waals surface area contributed by atoms with E-state index in [1.54, 1.807) is 0 Å². The summed E-state index contributed by atoms with van der Waals surface area (Å²) in [7, 11) is 0. The van der Waals surface area contributed by atoms with Crippen LogP contribution in [0.15, 0.2) is 12.2 Å². The summed E-state index contributed by atoms with van der Waals surface area (Å²) in [6, 6.07) is 0. The Hall–Kier alpha value is -0.790. The maximum absolute atomic E-state index is 12.0. The minimum atomic E-state index is -0.590. The molecule has 0 bridgehead atoms. The molecule has 0 heterocycles. The van der Waals surface area contributed by atoms with Crippen molar-refractivity contribution in [1.29, 1.82) is 0 Å². The molecule has 34 heavy (non-hydrogen) atoms. The molecule has 0 amide bonds. The van der Waals surface area contributed by atoms with E-state index in [2.05, 4.69) is 32.9 Å². The molecule has 0 aromatic heterocycles. The summed E-state index contributed by atoms with van der Waals surface area (Å²) in [6.07, 6.45) is 33.7. The summed E-state index contributed by atoms with van der Waals surface area (Å²) in [4.78, 5) is 12.0. The van der Waals surface area contributed by atoms with Gasteiger partial charge in [0.25, 0.3) is 0 Å². The number of carbonyl (C=O) groups is 1. The molecule has 2 unspecified atom stereocenters. The summed E-state index contributed by atoms with van der Waals surface area (Å²) in [6.45, 7) is 8.79.